The molecule has 1 aliphatic rings. The van der Waals surface area contributed by atoms with Crippen LogP contribution in [0.1, 0.15) is 19.3 Å². The van der Waals surface area contributed by atoms with Gasteiger partial charge in [0, 0.05) is 24.4 Å². The summed E-state index contributed by atoms with van der Waals surface area (Å²) >= 11 is 9.16. The van der Waals surface area contributed by atoms with Gasteiger partial charge in [-0.05, 0) is 34.8 Å². The van der Waals surface area contributed by atoms with Gasteiger partial charge in [0.2, 0.25) is 0 Å². The third-order valence-corrected chi connectivity index (χ3v) is 3.10. The molecule has 5 heteroatoms. The van der Waals surface area contributed by atoms with E-state index in [0.29, 0.717) is 17.3 Å². The monoisotopic (exact) mass is 300 g/mol. The number of anilines is 1. The Kier molecular flexibility index (Phi) is 3.61. The minimum atomic E-state index is 0.166. The first-order chi connectivity index (χ1) is 7.65. The van der Waals surface area contributed by atoms with Crippen molar-refractivity contribution in [2.24, 2.45) is 0 Å². The lowest BCUT2D eigenvalue weighted by Crippen LogP contribution is -2.10. The summed E-state index contributed by atoms with van der Waals surface area (Å²) < 4.78 is 0.791. The first kappa shape index (κ1) is 11.6. The smallest absolute Gasteiger partial charge is 0.157 e. The second kappa shape index (κ2) is 4.97. The molecule has 1 heterocycles. The SMILES string of the molecule is O=C1C=C(Nc2ncc(Cl)cc2Br)CCC1. The number of nitrogens with zero attached hydrogens (tertiary/aromatic N) is 1. The van der Waals surface area contributed by atoms with Crippen molar-refractivity contribution in [1.82, 2.24) is 4.98 Å². The van der Waals surface area contributed by atoms with E-state index in [9.17, 15) is 4.79 Å². The minimum Gasteiger partial charge on any atom is -0.343 e. The van der Waals surface area contributed by atoms with Gasteiger partial charge >= 0.3 is 0 Å². The largest absolute Gasteiger partial charge is 0.343 e. The number of allylic oxidation sites excluding steroid dienone is 2. The Morgan fingerprint density at radius 1 is 1.44 bits per heavy atom. The molecule has 0 amide bonds. The summed E-state index contributed by atoms with van der Waals surface area (Å²) in [5.74, 6) is 0.851. The van der Waals surface area contributed by atoms with E-state index in [1.165, 1.54) is 0 Å². The van der Waals surface area contributed by atoms with Gasteiger partial charge in [0.1, 0.15) is 5.82 Å². The van der Waals surface area contributed by atoms with Crippen LogP contribution in [0.4, 0.5) is 5.82 Å². The number of rotatable bonds is 2. The molecule has 0 unspecified atom stereocenters. The standard InChI is InChI=1S/C11H10BrClN2O/c12-10-4-7(13)6-14-11(10)15-8-2-1-3-9(16)5-8/h4-6H,1-3H2,(H,14,15). The minimum absolute atomic E-state index is 0.166. The average molecular weight is 302 g/mol. The van der Waals surface area contributed by atoms with Gasteiger partial charge in [-0.25, -0.2) is 4.98 Å². The van der Waals surface area contributed by atoms with E-state index in [4.69, 9.17) is 11.6 Å². The molecule has 1 aliphatic carbocycles. The van der Waals surface area contributed by atoms with Crippen LogP contribution in [0.25, 0.3) is 0 Å². The van der Waals surface area contributed by atoms with E-state index in [-0.39, 0.29) is 5.78 Å². The van der Waals surface area contributed by atoms with Crippen molar-refractivity contribution in [1.29, 1.82) is 0 Å². The Morgan fingerprint density at radius 3 is 2.94 bits per heavy atom. The molecule has 0 saturated carbocycles. The van der Waals surface area contributed by atoms with Gasteiger partial charge < -0.3 is 5.32 Å². The molecule has 84 valence electrons. The van der Waals surface area contributed by atoms with Crippen molar-refractivity contribution in [2.45, 2.75) is 19.3 Å². The lowest BCUT2D eigenvalue weighted by atomic mass is 10.0. The maximum Gasteiger partial charge on any atom is 0.157 e. The van der Waals surface area contributed by atoms with Crippen LogP contribution in [0.2, 0.25) is 5.02 Å². The molecule has 16 heavy (non-hydrogen) atoms. The summed E-state index contributed by atoms with van der Waals surface area (Å²) in [5, 5.41) is 3.71. The topological polar surface area (TPSA) is 42.0 Å². The third-order valence-electron chi connectivity index (χ3n) is 2.29. The van der Waals surface area contributed by atoms with E-state index in [1.54, 1.807) is 18.3 Å². The molecule has 3 nitrogen and oxygen atoms in total. The van der Waals surface area contributed by atoms with Crippen molar-refractivity contribution in [3.05, 3.63) is 33.5 Å². The maximum absolute atomic E-state index is 11.2. The molecule has 2 rings (SSSR count). The number of pyridine rings is 1. The molecule has 0 fully saturated rings. The normalized spacial score (nSPS) is 15.9. The zero-order chi connectivity index (χ0) is 11.5. The fourth-order valence-corrected chi connectivity index (χ4v) is 2.29. The quantitative estimate of drug-likeness (QED) is 0.908. The second-order valence-corrected chi connectivity index (χ2v) is 4.89. The van der Waals surface area contributed by atoms with Crippen LogP contribution in [-0.4, -0.2) is 10.8 Å². The molecule has 0 aliphatic heterocycles. The van der Waals surface area contributed by atoms with Gasteiger partial charge in [-0.15, -0.1) is 0 Å². The summed E-state index contributed by atoms with van der Waals surface area (Å²) in [6, 6.07) is 1.77. The number of carbonyl (C=O) groups excluding carboxylic acids is 1. The summed E-state index contributed by atoms with van der Waals surface area (Å²) in [6.07, 6.45) is 5.62. The molecular weight excluding hydrogens is 291 g/mol. The molecular formula is C11H10BrClN2O. The van der Waals surface area contributed by atoms with Gasteiger partial charge in [0.05, 0.1) is 9.50 Å². The van der Waals surface area contributed by atoms with Crippen molar-refractivity contribution >= 4 is 39.1 Å². The predicted octanol–water partition coefficient (Wildman–Crippen LogP) is 3.55. The van der Waals surface area contributed by atoms with Crippen molar-refractivity contribution in [3.63, 3.8) is 0 Å². The zero-order valence-corrected chi connectivity index (χ0v) is 10.8. The molecule has 0 saturated heterocycles. The fraction of sp³-hybridized carbons (Fsp3) is 0.273. The van der Waals surface area contributed by atoms with E-state index in [2.05, 4.69) is 26.2 Å². The highest BCUT2D eigenvalue weighted by atomic mass is 79.9. The molecule has 0 aromatic carbocycles. The average Bonchev–Trinajstić information content (AvgIpc) is 2.22. The summed E-state index contributed by atoms with van der Waals surface area (Å²) in [7, 11) is 0. The van der Waals surface area contributed by atoms with Crippen molar-refractivity contribution in [2.75, 3.05) is 5.32 Å². The summed E-state index contributed by atoms with van der Waals surface area (Å²) in [4.78, 5) is 15.4. The van der Waals surface area contributed by atoms with Gasteiger partial charge in [-0.2, -0.15) is 0 Å². The van der Waals surface area contributed by atoms with E-state index < -0.39 is 0 Å². The number of aromatic nitrogens is 1. The lowest BCUT2D eigenvalue weighted by Gasteiger charge is -2.14. The molecule has 1 N–H and O–H groups in total. The highest BCUT2D eigenvalue weighted by Crippen LogP contribution is 2.26. The molecule has 1 aromatic heterocycles. The molecule has 0 spiro atoms. The molecule has 0 atom stereocenters. The number of nitrogens with one attached hydrogen (secondary N) is 1. The van der Waals surface area contributed by atoms with Gasteiger partial charge in [-0.1, -0.05) is 11.6 Å². The Labute approximate surface area is 107 Å². The lowest BCUT2D eigenvalue weighted by molar-refractivity contribution is -0.115. The van der Waals surface area contributed by atoms with Crippen molar-refractivity contribution in [3.8, 4) is 0 Å². The van der Waals surface area contributed by atoms with Crippen LogP contribution in [0.3, 0.4) is 0 Å². The van der Waals surface area contributed by atoms with Crippen LogP contribution in [0.5, 0.6) is 0 Å². The number of ketones is 1. The Bertz CT molecular complexity index is 459. The number of hydrogen-bond donors (Lipinski definition) is 1. The third kappa shape index (κ3) is 2.83. The number of halogens is 2. The van der Waals surface area contributed by atoms with Gasteiger partial charge in [0.15, 0.2) is 5.78 Å². The number of hydrogen-bond acceptors (Lipinski definition) is 3. The first-order valence-corrected chi connectivity index (χ1v) is 6.14. The van der Waals surface area contributed by atoms with Crippen molar-refractivity contribution < 1.29 is 4.79 Å². The first-order valence-electron chi connectivity index (χ1n) is 4.96. The van der Waals surface area contributed by atoms with Crippen LogP contribution >= 0.6 is 27.5 Å². The fourth-order valence-electron chi connectivity index (χ4n) is 1.55. The molecule has 1 aromatic rings. The van der Waals surface area contributed by atoms with E-state index in [0.717, 1.165) is 23.0 Å². The summed E-state index contributed by atoms with van der Waals surface area (Å²) in [6.45, 7) is 0. The Morgan fingerprint density at radius 2 is 2.25 bits per heavy atom. The second-order valence-electron chi connectivity index (χ2n) is 3.60. The number of carbonyl (C=O) groups is 1. The molecule has 0 radical (unpaired) electrons. The Hall–Kier alpha value is -0.870. The van der Waals surface area contributed by atoms with Gasteiger partial charge in [0.25, 0.3) is 0 Å². The van der Waals surface area contributed by atoms with E-state index in [1.807, 2.05) is 0 Å². The van der Waals surface area contributed by atoms with Crippen LogP contribution in [0, 0.1) is 0 Å². The zero-order valence-electron chi connectivity index (χ0n) is 8.46. The van der Waals surface area contributed by atoms with Crippen LogP contribution < -0.4 is 5.32 Å². The van der Waals surface area contributed by atoms with E-state index >= 15 is 0 Å². The molecule has 0 bridgehead atoms. The highest BCUT2D eigenvalue weighted by molar-refractivity contribution is 9.10. The van der Waals surface area contributed by atoms with Crippen LogP contribution in [0.15, 0.2) is 28.5 Å². The van der Waals surface area contributed by atoms with Crippen LogP contribution in [-0.2, 0) is 4.79 Å². The maximum atomic E-state index is 11.2. The van der Waals surface area contributed by atoms with Gasteiger partial charge in [-0.3, -0.25) is 4.79 Å². The Balaban J connectivity index is 2.17. The predicted molar refractivity (Wildman–Crippen MR) is 67.5 cm³/mol. The highest BCUT2D eigenvalue weighted by Gasteiger charge is 2.11. The summed E-state index contributed by atoms with van der Waals surface area (Å²) in [5.41, 5.74) is 0.909.